The van der Waals surface area contributed by atoms with Crippen molar-refractivity contribution < 1.29 is 4.79 Å². The van der Waals surface area contributed by atoms with Gasteiger partial charge in [-0.3, -0.25) is 14.5 Å². The summed E-state index contributed by atoms with van der Waals surface area (Å²) >= 11 is 7.74. The highest BCUT2D eigenvalue weighted by Gasteiger charge is 2.21. The molecule has 0 radical (unpaired) electrons. The lowest BCUT2D eigenvalue weighted by Gasteiger charge is -2.20. The van der Waals surface area contributed by atoms with Crippen LogP contribution in [-0.2, 0) is 13.1 Å². The van der Waals surface area contributed by atoms with Gasteiger partial charge in [0.2, 0.25) is 0 Å². The molecule has 8 heteroatoms. The van der Waals surface area contributed by atoms with E-state index in [9.17, 15) is 4.79 Å². The Bertz CT molecular complexity index is 1260. The summed E-state index contributed by atoms with van der Waals surface area (Å²) in [6.07, 6.45) is 3.71. The number of nitriles is 1. The van der Waals surface area contributed by atoms with Crippen LogP contribution in [0.2, 0.25) is 5.02 Å². The molecule has 0 fully saturated rings. The van der Waals surface area contributed by atoms with Crippen molar-refractivity contribution in [3.05, 3.63) is 81.6 Å². The zero-order valence-corrected chi connectivity index (χ0v) is 18.5. The molecule has 1 aromatic carbocycles. The van der Waals surface area contributed by atoms with Gasteiger partial charge in [0.1, 0.15) is 4.83 Å². The number of carbonyl (C=O) groups excluding carboxylic acids is 1. The molecule has 0 saturated carbocycles. The van der Waals surface area contributed by atoms with E-state index in [4.69, 9.17) is 16.9 Å². The molecule has 0 aliphatic rings. The van der Waals surface area contributed by atoms with Gasteiger partial charge in [0.05, 0.1) is 29.6 Å². The van der Waals surface area contributed by atoms with Gasteiger partial charge in [-0.15, -0.1) is 11.3 Å². The number of hydrogen-bond donors (Lipinski definition) is 0. The number of thiophene rings is 1. The van der Waals surface area contributed by atoms with Gasteiger partial charge >= 0.3 is 0 Å². The first-order chi connectivity index (χ1) is 15.1. The number of rotatable bonds is 7. The third-order valence-corrected chi connectivity index (χ3v) is 6.48. The van der Waals surface area contributed by atoms with E-state index < -0.39 is 0 Å². The summed E-state index contributed by atoms with van der Waals surface area (Å²) in [5.74, 6) is -0.0935. The van der Waals surface area contributed by atoms with Crippen LogP contribution in [0.15, 0.2) is 54.9 Å². The fraction of sp³-hybridized carbons (Fsp3) is 0.217. The number of halogens is 1. The van der Waals surface area contributed by atoms with E-state index >= 15 is 0 Å². The van der Waals surface area contributed by atoms with Crippen molar-refractivity contribution in [2.75, 3.05) is 6.54 Å². The average Bonchev–Trinajstić information content (AvgIpc) is 3.34. The Kier molecular flexibility index (Phi) is 6.31. The highest BCUT2D eigenvalue weighted by atomic mass is 35.5. The van der Waals surface area contributed by atoms with Crippen molar-refractivity contribution in [1.29, 1.82) is 5.26 Å². The van der Waals surface area contributed by atoms with Gasteiger partial charge in [-0.2, -0.15) is 10.4 Å². The molecule has 156 valence electrons. The maximum Gasteiger partial charge on any atom is 0.264 e. The lowest BCUT2D eigenvalue weighted by Crippen LogP contribution is -2.30. The van der Waals surface area contributed by atoms with Crippen LogP contribution in [-0.4, -0.2) is 32.1 Å². The monoisotopic (exact) mass is 449 g/mol. The van der Waals surface area contributed by atoms with Crippen molar-refractivity contribution in [1.82, 2.24) is 19.7 Å². The van der Waals surface area contributed by atoms with E-state index in [1.807, 2.05) is 54.1 Å². The molecule has 3 heterocycles. The number of aryl methyl sites for hydroxylation is 1. The van der Waals surface area contributed by atoms with E-state index in [0.717, 1.165) is 27.0 Å². The zero-order chi connectivity index (χ0) is 21.8. The molecule has 0 bridgehead atoms. The Balaban J connectivity index is 1.64. The minimum Gasteiger partial charge on any atom is -0.333 e. The van der Waals surface area contributed by atoms with Crippen LogP contribution in [0.1, 0.15) is 32.9 Å². The van der Waals surface area contributed by atoms with Gasteiger partial charge in [-0.25, -0.2) is 0 Å². The van der Waals surface area contributed by atoms with Gasteiger partial charge in [0.25, 0.3) is 5.91 Å². The molecular formula is C23H20ClN5OS. The second-order valence-corrected chi connectivity index (χ2v) is 8.60. The molecule has 4 aromatic rings. The normalized spacial score (nSPS) is 10.9. The number of nitrogens with zero attached hydrogens (tertiary/aromatic N) is 5. The summed E-state index contributed by atoms with van der Waals surface area (Å²) in [6, 6.07) is 15.5. The Labute approximate surface area is 189 Å². The Morgan fingerprint density at radius 3 is 2.87 bits per heavy atom. The lowest BCUT2D eigenvalue weighted by atomic mass is 10.2. The maximum atomic E-state index is 13.3. The summed E-state index contributed by atoms with van der Waals surface area (Å²) in [7, 11) is 0. The number of fused-ring (bicyclic) bond motifs is 1. The maximum absolute atomic E-state index is 13.3. The molecule has 1 amide bonds. The molecule has 31 heavy (non-hydrogen) atoms. The number of pyridine rings is 1. The van der Waals surface area contributed by atoms with Crippen molar-refractivity contribution in [3.8, 4) is 6.07 Å². The largest absolute Gasteiger partial charge is 0.333 e. The first-order valence-electron chi connectivity index (χ1n) is 9.82. The Morgan fingerprint density at radius 2 is 2.13 bits per heavy atom. The number of hydrogen-bond acceptors (Lipinski definition) is 5. The fourth-order valence-corrected chi connectivity index (χ4v) is 4.74. The standard InChI is InChI=1S/C23H20ClN5OS/c1-16-19-12-21(22(30)28(11-5-9-25)14-17-6-4-10-26-13-17)31-23(19)29(27-16)15-18-7-2-3-8-20(18)24/h2-4,6-8,10,12-13H,5,11,14-15H2,1H3. The molecule has 3 aromatic heterocycles. The molecule has 0 N–H and O–H groups in total. The topological polar surface area (TPSA) is 74.8 Å². The van der Waals surface area contributed by atoms with Crippen molar-refractivity contribution in [2.24, 2.45) is 0 Å². The van der Waals surface area contributed by atoms with Gasteiger partial charge in [-0.05, 0) is 36.2 Å². The first-order valence-corrected chi connectivity index (χ1v) is 11.0. The minimum absolute atomic E-state index is 0.0935. The SMILES string of the molecule is Cc1nn(Cc2ccccc2Cl)c2sc(C(=O)N(CCC#N)Cc3cccnc3)cc12. The molecule has 0 aliphatic carbocycles. The van der Waals surface area contributed by atoms with E-state index in [0.29, 0.717) is 29.5 Å². The van der Waals surface area contributed by atoms with Gasteiger partial charge in [-0.1, -0.05) is 35.9 Å². The van der Waals surface area contributed by atoms with Gasteiger partial charge in [0, 0.05) is 35.9 Å². The number of amides is 1. The molecule has 0 aliphatic heterocycles. The van der Waals surface area contributed by atoms with Crippen LogP contribution in [0.25, 0.3) is 10.2 Å². The molecule has 4 rings (SSSR count). The fourth-order valence-electron chi connectivity index (χ4n) is 3.42. The molecular weight excluding hydrogens is 430 g/mol. The number of benzene rings is 1. The third-order valence-electron chi connectivity index (χ3n) is 4.97. The second kappa shape index (κ2) is 9.29. The summed E-state index contributed by atoms with van der Waals surface area (Å²) < 4.78 is 1.90. The zero-order valence-electron chi connectivity index (χ0n) is 17.0. The highest BCUT2D eigenvalue weighted by molar-refractivity contribution is 7.20. The molecule has 6 nitrogen and oxygen atoms in total. The van der Waals surface area contributed by atoms with Crippen molar-refractivity contribution >= 4 is 39.1 Å². The summed E-state index contributed by atoms with van der Waals surface area (Å²) in [6.45, 7) is 3.25. The summed E-state index contributed by atoms with van der Waals surface area (Å²) in [4.78, 5) is 20.7. The highest BCUT2D eigenvalue weighted by Crippen LogP contribution is 2.30. The van der Waals surface area contributed by atoms with Gasteiger partial charge < -0.3 is 4.90 Å². The van der Waals surface area contributed by atoms with Crippen molar-refractivity contribution in [3.63, 3.8) is 0 Å². The lowest BCUT2D eigenvalue weighted by molar-refractivity contribution is 0.0751. The van der Waals surface area contributed by atoms with Crippen LogP contribution < -0.4 is 0 Å². The average molecular weight is 450 g/mol. The smallest absolute Gasteiger partial charge is 0.264 e. The summed E-state index contributed by atoms with van der Waals surface area (Å²) in [5, 5.41) is 15.3. The predicted octanol–water partition coefficient (Wildman–Crippen LogP) is 5.06. The third kappa shape index (κ3) is 4.61. The van der Waals surface area contributed by atoms with E-state index in [-0.39, 0.29) is 12.3 Å². The molecule has 0 atom stereocenters. The summed E-state index contributed by atoms with van der Waals surface area (Å²) in [5.41, 5.74) is 2.77. The molecule has 0 spiro atoms. The van der Waals surface area contributed by atoms with E-state index in [2.05, 4.69) is 16.2 Å². The molecule has 0 unspecified atom stereocenters. The predicted molar refractivity (Wildman–Crippen MR) is 122 cm³/mol. The van der Waals surface area contributed by atoms with Crippen LogP contribution >= 0.6 is 22.9 Å². The second-order valence-electron chi connectivity index (χ2n) is 7.16. The van der Waals surface area contributed by atoms with E-state index in [1.54, 1.807) is 17.3 Å². The minimum atomic E-state index is -0.0935. The van der Waals surface area contributed by atoms with Crippen LogP contribution in [0.4, 0.5) is 0 Å². The quantitative estimate of drug-likeness (QED) is 0.395. The van der Waals surface area contributed by atoms with Crippen molar-refractivity contribution in [2.45, 2.75) is 26.4 Å². The first kappa shape index (κ1) is 21.0. The molecule has 0 saturated heterocycles. The Hall–Kier alpha value is -3.21. The van der Waals surface area contributed by atoms with Crippen LogP contribution in [0.5, 0.6) is 0 Å². The van der Waals surface area contributed by atoms with Crippen LogP contribution in [0.3, 0.4) is 0 Å². The van der Waals surface area contributed by atoms with E-state index in [1.165, 1.54) is 11.3 Å². The van der Waals surface area contributed by atoms with Gasteiger partial charge in [0.15, 0.2) is 0 Å². The number of carbonyl (C=O) groups is 1. The Morgan fingerprint density at radius 1 is 1.29 bits per heavy atom. The number of aromatic nitrogens is 3. The van der Waals surface area contributed by atoms with Crippen LogP contribution in [0, 0.1) is 18.3 Å².